The van der Waals surface area contributed by atoms with Crippen LogP contribution in [0, 0.1) is 6.57 Å². The molecule has 1 spiro atoms. The highest BCUT2D eigenvalue weighted by atomic mass is 19.4. The lowest BCUT2D eigenvalue weighted by atomic mass is 9.83. The third-order valence-corrected chi connectivity index (χ3v) is 5.45. The van der Waals surface area contributed by atoms with Crippen molar-refractivity contribution in [3.63, 3.8) is 0 Å². The Morgan fingerprint density at radius 1 is 1.13 bits per heavy atom. The van der Waals surface area contributed by atoms with Crippen molar-refractivity contribution in [1.29, 1.82) is 0 Å². The molecule has 1 unspecified atom stereocenters. The van der Waals surface area contributed by atoms with Crippen molar-refractivity contribution in [1.82, 2.24) is 4.90 Å². The van der Waals surface area contributed by atoms with E-state index in [1.807, 2.05) is 12.1 Å². The fourth-order valence-corrected chi connectivity index (χ4v) is 3.82. The first-order valence-electron chi connectivity index (χ1n) is 9.14. The zero-order chi connectivity index (χ0) is 22.2. The molecule has 11 heteroatoms. The lowest BCUT2D eigenvalue weighted by Gasteiger charge is -2.38. The number of hydrogen-bond donors (Lipinski definition) is 0. The van der Waals surface area contributed by atoms with Gasteiger partial charge in [0.1, 0.15) is 0 Å². The Kier molecular flexibility index (Phi) is 5.91. The average Bonchev–Trinajstić information content (AvgIpc) is 3.08. The monoisotopic (exact) mass is 436 g/mol. The van der Waals surface area contributed by atoms with Crippen molar-refractivity contribution < 1.29 is 40.6 Å². The van der Waals surface area contributed by atoms with Gasteiger partial charge in [0, 0.05) is 19.0 Å². The molecule has 1 aromatic carbocycles. The molecule has 3 rings (SSSR count). The second-order valence-corrected chi connectivity index (χ2v) is 7.43. The standard InChI is InChI=1S/C19H18F6N2O3/c1-26-14-4-2-12(3-5-14)13-10-17(29-11-13)6-8-27(9-7-17)16(28)30-15(18(20,21)22)19(23,24)25/h2-5,13,15H,6-11H2. The fourth-order valence-electron chi connectivity index (χ4n) is 3.82. The molecule has 2 fully saturated rings. The Balaban J connectivity index is 1.58. The van der Waals surface area contributed by atoms with Crippen molar-refractivity contribution in [3.05, 3.63) is 41.2 Å². The minimum Gasteiger partial charge on any atom is -0.426 e. The molecule has 1 aromatic rings. The maximum atomic E-state index is 12.6. The van der Waals surface area contributed by atoms with Crippen LogP contribution in [0.1, 0.15) is 30.7 Å². The largest absolute Gasteiger partial charge is 0.434 e. The van der Waals surface area contributed by atoms with Gasteiger partial charge in [-0.2, -0.15) is 26.3 Å². The highest BCUT2D eigenvalue weighted by molar-refractivity contribution is 5.68. The van der Waals surface area contributed by atoms with Crippen LogP contribution in [0.15, 0.2) is 24.3 Å². The highest BCUT2D eigenvalue weighted by Gasteiger charge is 2.60. The summed E-state index contributed by atoms with van der Waals surface area (Å²) in [6.07, 6.45) is -16.1. The van der Waals surface area contributed by atoms with E-state index in [9.17, 15) is 31.1 Å². The second kappa shape index (κ2) is 7.98. The normalized spacial score (nSPS) is 21.7. The Morgan fingerprint density at radius 2 is 1.70 bits per heavy atom. The van der Waals surface area contributed by atoms with Crippen molar-refractivity contribution >= 4 is 11.8 Å². The van der Waals surface area contributed by atoms with Crippen LogP contribution in [-0.4, -0.2) is 54.7 Å². The summed E-state index contributed by atoms with van der Waals surface area (Å²) in [5, 5.41) is 0. The Labute approximate surface area is 168 Å². The molecule has 0 aliphatic carbocycles. The summed E-state index contributed by atoms with van der Waals surface area (Å²) >= 11 is 0. The fraction of sp³-hybridized carbons (Fsp3) is 0.579. The molecule has 2 aliphatic heterocycles. The molecular weight excluding hydrogens is 418 g/mol. The molecule has 0 bridgehead atoms. The molecule has 30 heavy (non-hydrogen) atoms. The van der Waals surface area contributed by atoms with Gasteiger partial charge >= 0.3 is 18.4 Å². The topological polar surface area (TPSA) is 43.1 Å². The molecule has 1 atom stereocenters. The zero-order valence-corrected chi connectivity index (χ0v) is 15.6. The molecule has 164 valence electrons. The number of ether oxygens (including phenoxy) is 2. The average molecular weight is 436 g/mol. The summed E-state index contributed by atoms with van der Waals surface area (Å²) < 4.78 is 85.2. The van der Waals surface area contributed by atoms with E-state index >= 15 is 0 Å². The van der Waals surface area contributed by atoms with Crippen molar-refractivity contribution in [2.45, 2.75) is 49.2 Å². The quantitative estimate of drug-likeness (QED) is 0.473. The number of carbonyl (C=O) groups excluding carboxylic acids is 1. The predicted molar refractivity (Wildman–Crippen MR) is 91.9 cm³/mol. The van der Waals surface area contributed by atoms with Gasteiger partial charge in [0.2, 0.25) is 0 Å². The van der Waals surface area contributed by atoms with Gasteiger partial charge in [-0.05, 0) is 24.8 Å². The molecule has 5 nitrogen and oxygen atoms in total. The smallest absolute Gasteiger partial charge is 0.426 e. The number of likely N-dealkylation sites (tertiary alicyclic amines) is 1. The number of rotatable bonds is 2. The van der Waals surface area contributed by atoms with Crippen molar-refractivity contribution in [3.8, 4) is 0 Å². The summed E-state index contributed by atoms with van der Waals surface area (Å²) in [5.41, 5.74) is 0.905. The van der Waals surface area contributed by atoms with Crippen LogP contribution < -0.4 is 0 Å². The molecule has 0 radical (unpaired) electrons. The van der Waals surface area contributed by atoms with Crippen LogP contribution in [0.3, 0.4) is 0 Å². The van der Waals surface area contributed by atoms with Crippen LogP contribution in [0.2, 0.25) is 0 Å². The number of hydrogen-bond acceptors (Lipinski definition) is 3. The number of amides is 1. The molecule has 1 amide bonds. The summed E-state index contributed by atoms with van der Waals surface area (Å²) in [7, 11) is 0. The molecular formula is C19H18F6N2O3. The summed E-state index contributed by atoms with van der Waals surface area (Å²) in [5.74, 6) is 0.0584. The maximum Gasteiger partial charge on any atom is 0.434 e. The van der Waals surface area contributed by atoms with E-state index in [1.165, 1.54) is 0 Å². The van der Waals surface area contributed by atoms with E-state index in [1.54, 1.807) is 12.1 Å². The first kappa shape index (κ1) is 22.2. The third kappa shape index (κ3) is 4.80. The van der Waals surface area contributed by atoms with Gasteiger partial charge in [-0.25, -0.2) is 9.64 Å². The zero-order valence-electron chi connectivity index (χ0n) is 15.6. The third-order valence-electron chi connectivity index (χ3n) is 5.45. The van der Waals surface area contributed by atoms with Gasteiger partial charge in [-0.15, -0.1) is 0 Å². The molecule has 2 aliphatic rings. The Hall–Kier alpha value is -2.48. The summed E-state index contributed by atoms with van der Waals surface area (Å²) in [4.78, 5) is 16.1. The predicted octanol–water partition coefficient (Wildman–Crippen LogP) is 5.21. The van der Waals surface area contributed by atoms with Gasteiger partial charge < -0.3 is 14.4 Å². The molecule has 0 N–H and O–H groups in total. The number of benzene rings is 1. The van der Waals surface area contributed by atoms with E-state index in [4.69, 9.17) is 11.3 Å². The Morgan fingerprint density at radius 3 is 2.20 bits per heavy atom. The number of alkyl halides is 6. The SMILES string of the molecule is [C-]#[N+]c1ccc(C2COC3(CCN(C(=O)OC(C(F)(F)F)C(F)(F)F)CC3)C2)cc1. The molecule has 2 saturated heterocycles. The number of piperidine rings is 1. The molecule has 0 aromatic heterocycles. The van der Waals surface area contributed by atoms with Crippen LogP contribution in [0.25, 0.3) is 4.85 Å². The van der Waals surface area contributed by atoms with E-state index in [0.29, 0.717) is 18.7 Å². The number of carbonyl (C=O) groups is 1. The first-order valence-corrected chi connectivity index (χ1v) is 9.14. The van der Waals surface area contributed by atoms with E-state index in [2.05, 4.69) is 9.58 Å². The number of nitrogens with zero attached hydrogens (tertiary/aromatic N) is 2. The maximum absolute atomic E-state index is 12.6. The van der Waals surface area contributed by atoms with Crippen LogP contribution in [0.5, 0.6) is 0 Å². The van der Waals surface area contributed by atoms with Gasteiger partial charge in [0.05, 0.1) is 18.8 Å². The van der Waals surface area contributed by atoms with Crippen LogP contribution >= 0.6 is 0 Å². The minimum atomic E-state index is -5.74. The van der Waals surface area contributed by atoms with E-state index in [0.717, 1.165) is 10.5 Å². The van der Waals surface area contributed by atoms with Crippen LogP contribution in [0.4, 0.5) is 36.8 Å². The van der Waals surface area contributed by atoms with E-state index in [-0.39, 0.29) is 31.8 Å². The van der Waals surface area contributed by atoms with Crippen molar-refractivity contribution in [2.24, 2.45) is 0 Å². The van der Waals surface area contributed by atoms with Gasteiger partial charge in [0.25, 0.3) is 6.10 Å². The van der Waals surface area contributed by atoms with Crippen molar-refractivity contribution in [2.75, 3.05) is 19.7 Å². The summed E-state index contributed by atoms with van der Waals surface area (Å²) in [6, 6.07) is 7.07. The minimum absolute atomic E-state index is 0.0584. The van der Waals surface area contributed by atoms with Gasteiger partial charge in [-0.1, -0.05) is 24.3 Å². The highest BCUT2D eigenvalue weighted by Crippen LogP contribution is 2.43. The van der Waals surface area contributed by atoms with Gasteiger partial charge in [0.15, 0.2) is 5.69 Å². The van der Waals surface area contributed by atoms with Gasteiger partial charge in [-0.3, -0.25) is 0 Å². The first-order chi connectivity index (χ1) is 13.9. The van der Waals surface area contributed by atoms with E-state index < -0.39 is 30.2 Å². The van der Waals surface area contributed by atoms with Crippen LogP contribution in [-0.2, 0) is 9.47 Å². The Bertz CT molecular complexity index is 794. The number of halogens is 6. The summed E-state index contributed by atoms with van der Waals surface area (Å²) in [6.45, 7) is 7.26. The second-order valence-electron chi connectivity index (χ2n) is 7.43. The molecule has 2 heterocycles. The molecule has 0 saturated carbocycles. The lowest BCUT2D eigenvalue weighted by Crippen LogP contribution is -2.51. The lowest BCUT2D eigenvalue weighted by molar-refractivity contribution is -0.308.